The molecule has 0 bridgehead atoms. The fraction of sp³-hybridized carbons (Fsp3) is 0.375. The molecule has 0 aromatic heterocycles. The van der Waals surface area contributed by atoms with Crippen molar-refractivity contribution in [1.29, 1.82) is 0 Å². The summed E-state index contributed by atoms with van der Waals surface area (Å²) in [6, 6.07) is 15.9. The normalized spacial score (nSPS) is 11.2. The van der Waals surface area contributed by atoms with Crippen LogP contribution in [-0.2, 0) is 6.42 Å². The lowest BCUT2D eigenvalue weighted by Crippen LogP contribution is -2.23. The van der Waals surface area contributed by atoms with Gasteiger partial charge >= 0.3 is 0 Å². The fourth-order valence-corrected chi connectivity index (χ4v) is 2.08. The monoisotopic (exact) mass is 227 g/mol. The fourth-order valence-electron chi connectivity index (χ4n) is 2.08. The number of nitrogens with one attached hydrogen (secondary N) is 1. The first-order valence-corrected chi connectivity index (χ1v) is 6.47. The van der Waals surface area contributed by atoms with Crippen molar-refractivity contribution in [2.75, 3.05) is 6.54 Å². The molecule has 0 radical (unpaired) electrons. The highest BCUT2D eigenvalue weighted by Crippen LogP contribution is 2.16. The van der Waals surface area contributed by atoms with Crippen molar-refractivity contribution in [2.45, 2.75) is 32.7 Å². The van der Waals surface area contributed by atoms with E-state index in [-0.39, 0.29) is 0 Å². The van der Waals surface area contributed by atoms with E-state index in [9.17, 15) is 0 Å². The SMILES string of the molecule is CC(C)NCCCc1ccc2ccccc2c1. The van der Waals surface area contributed by atoms with Crippen LogP contribution >= 0.6 is 0 Å². The van der Waals surface area contributed by atoms with Crippen LogP contribution in [0.3, 0.4) is 0 Å². The molecule has 0 aliphatic rings. The summed E-state index contributed by atoms with van der Waals surface area (Å²) >= 11 is 0. The highest BCUT2D eigenvalue weighted by Gasteiger charge is 1.97. The molecule has 0 fully saturated rings. The lowest BCUT2D eigenvalue weighted by Gasteiger charge is -2.08. The average molecular weight is 227 g/mol. The van der Waals surface area contributed by atoms with Crippen molar-refractivity contribution in [3.63, 3.8) is 0 Å². The van der Waals surface area contributed by atoms with Crippen molar-refractivity contribution in [3.05, 3.63) is 48.0 Å². The molecule has 17 heavy (non-hydrogen) atoms. The predicted octanol–water partition coefficient (Wildman–Crippen LogP) is 3.77. The molecule has 2 aromatic rings. The number of rotatable bonds is 5. The molecule has 2 rings (SSSR count). The standard InChI is InChI=1S/C16H21N/c1-13(2)17-11-5-6-14-9-10-15-7-3-4-8-16(15)12-14/h3-4,7-10,12-13,17H,5-6,11H2,1-2H3. The van der Waals surface area contributed by atoms with Crippen LogP contribution in [0.25, 0.3) is 10.8 Å². The van der Waals surface area contributed by atoms with E-state index in [1.165, 1.54) is 22.8 Å². The number of benzene rings is 2. The second kappa shape index (κ2) is 5.83. The maximum atomic E-state index is 3.45. The Morgan fingerprint density at radius 3 is 2.53 bits per heavy atom. The molecule has 0 atom stereocenters. The molecule has 0 aliphatic carbocycles. The molecule has 1 N–H and O–H groups in total. The quantitative estimate of drug-likeness (QED) is 0.767. The van der Waals surface area contributed by atoms with E-state index in [0.29, 0.717) is 6.04 Å². The van der Waals surface area contributed by atoms with E-state index in [4.69, 9.17) is 0 Å². The number of aryl methyl sites for hydroxylation is 1. The molecule has 1 heteroatoms. The molecule has 0 saturated carbocycles. The van der Waals surface area contributed by atoms with Gasteiger partial charge in [0.2, 0.25) is 0 Å². The van der Waals surface area contributed by atoms with Gasteiger partial charge in [0, 0.05) is 6.04 Å². The van der Waals surface area contributed by atoms with Crippen molar-refractivity contribution >= 4 is 10.8 Å². The molecular formula is C16H21N. The molecule has 0 unspecified atom stereocenters. The number of fused-ring (bicyclic) bond motifs is 1. The van der Waals surface area contributed by atoms with Gasteiger partial charge in [0.25, 0.3) is 0 Å². The summed E-state index contributed by atoms with van der Waals surface area (Å²) in [6.07, 6.45) is 2.36. The van der Waals surface area contributed by atoms with Gasteiger partial charge in [-0.3, -0.25) is 0 Å². The maximum Gasteiger partial charge on any atom is 0.00103 e. The van der Waals surface area contributed by atoms with Crippen molar-refractivity contribution in [1.82, 2.24) is 5.32 Å². The minimum Gasteiger partial charge on any atom is -0.315 e. The molecule has 0 amide bonds. The Morgan fingerprint density at radius 1 is 1.00 bits per heavy atom. The molecule has 90 valence electrons. The van der Waals surface area contributed by atoms with Crippen LogP contribution in [0.15, 0.2) is 42.5 Å². The first-order chi connectivity index (χ1) is 8.25. The van der Waals surface area contributed by atoms with Crippen LogP contribution in [0.4, 0.5) is 0 Å². The highest BCUT2D eigenvalue weighted by atomic mass is 14.9. The summed E-state index contributed by atoms with van der Waals surface area (Å²) in [5.74, 6) is 0. The number of hydrogen-bond donors (Lipinski definition) is 1. The zero-order valence-corrected chi connectivity index (χ0v) is 10.7. The second-order valence-corrected chi connectivity index (χ2v) is 4.89. The number of hydrogen-bond acceptors (Lipinski definition) is 1. The van der Waals surface area contributed by atoms with Crippen LogP contribution in [0, 0.1) is 0 Å². The Hall–Kier alpha value is -1.34. The Bertz CT molecular complexity index is 474. The van der Waals surface area contributed by atoms with E-state index < -0.39 is 0 Å². The Labute approximate surface area is 104 Å². The van der Waals surface area contributed by atoms with Gasteiger partial charge in [-0.05, 0) is 35.7 Å². The van der Waals surface area contributed by atoms with Gasteiger partial charge in [-0.25, -0.2) is 0 Å². The zero-order valence-electron chi connectivity index (χ0n) is 10.7. The third-order valence-electron chi connectivity index (χ3n) is 3.01. The first-order valence-electron chi connectivity index (χ1n) is 6.47. The van der Waals surface area contributed by atoms with Gasteiger partial charge in [0.05, 0.1) is 0 Å². The molecule has 0 spiro atoms. The van der Waals surface area contributed by atoms with Crippen LogP contribution < -0.4 is 5.32 Å². The molecule has 0 aliphatic heterocycles. The van der Waals surface area contributed by atoms with Crippen LogP contribution in [0.1, 0.15) is 25.8 Å². The van der Waals surface area contributed by atoms with Crippen LogP contribution in [0.2, 0.25) is 0 Å². The van der Waals surface area contributed by atoms with E-state index >= 15 is 0 Å². The zero-order chi connectivity index (χ0) is 12.1. The smallest absolute Gasteiger partial charge is 0.00103 e. The third-order valence-corrected chi connectivity index (χ3v) is 3.01. The van der Waals surface area contributed by atoms with Gasteiger partial charge in [-0.1, -0.05) is 56.3 Å². The molecule has 0 heterocycles. The van der Waals surface area contributed by atoms with Gasteiger partial charge in [0.1, 0.15) is 0 Å². The summed E-state index contributed by atoms with van der Waals surface area (Å²) in [7, 11) is 0. The average Bonchev–Trinajstić information content (AvgIpc) is 2.34. The topological polar surface area (TPSA) is 12.0 Å². The van der Waals surface area contributed by atoms with E-state index in [2.05, 4.69) is 61.6 Å². The lowest BCUT2D eigenvalue weighted by atomic mass is 10.0. The van der Waals surface area contributed by atoms with E-state index in [0.717, 1.165) is 13.0 Å². The van der Waals surface area contributed by atoms with Crippen molar-refractivity contribution in [3.8, 4) is 0 Å². The van der Waals surface area contributed by atoms with E-state index in [1.54, 1.807) is 0 Å². The summed E-state index contributed by atoms with van der Waals surface area (Å²) < 4.78 is 0. The van der Waals surface area contributed by atoms with Crippen molar-refractivity contribution in [2.24, 2.45) is 0 Å². The molecule has 0 saturated heterocycles. The summed E-state index contributed by atoms with van der Waals surface area (Å²) in [6.45, 7) is 5.48. The largest absolute Gasteiger partial charge is 0.315 e. The summed E-state index contributed by atoms with van der Waals surface area (Å²) in [5.41, 5.74) is 1.44. The highest BCUT2D eigenvalue weighted by molar-refractivity contribution is 5.82. The second-order valence-electron chi connectivity index (χ2n) is 4.89. The summed E-state index contributed by atoms with van der Waals surface area (Å²) in [4.78, 5) is 0. The maximum absolute atomic E-state index is 3.45. The van der Waals surface area contributed by atoms with Crippen molar-refractivity contribution < 1.29 is 0 Å². The molecular weight excluding hydrogens is 206 g/mol. The molecule has 1 nitrogen and oxygen atoms in total. The predicted molar refractivity (Wildman–Crippen MR) is 75.4 cm³/mol. The lowest BCUT2D eigenvalue weighted by molar-refractivity contribution is 0.570. The van der Waals surface area contributed by atoms with E-state index in [1.807, 2.05) is 0 Å². The van der Waals surface area contributed by atoms with Crippen LogP contribution in [0.5, 0.6) is 0 Å². The Kier molecular flexibility index (Phi) is 4.16. The van der Waals surface area contributed by atoms with Gasteiger partial charge < -0.3 is 5.32 Å². The van der Waals surface area contributed by atoms with Gasteiger partial charge in [-0.15, -0.1) is 0 Å². The first kappa shape index (κ1) is 12.1. The van der Waals surface area contributed by atoms with Crippen LogP contribution in [-0.4, -0.2) is 12.6 Å². The Morgan fingerprint density at radius 2 is 1.76 bits per heavy atom. The Balaban J connectivity index is 1.95. The minimum atomic E-state index is 0.589. The molecule has 2 aromatic carbocycles. The minimum absolute atomic E-state index is 0.589. The van der Waals surface area contributed by atoms with Gasteiger partial charge in [0.15, 0.2) is 0 Å². The third kappa shape index (κ3) is 3.57. The van der Waals surface area contributed by atoms with Gasteiger partial charge in [-0.2, -0.15) is 0 Å². The summed E-state index contributed by atoms with van der Waals surface area (Å²) in [5, 5.41) is 6.13.